The summed E-state index contributed by atoms with van der Waals surface area (Å²) in [6, 6.07) is 5.95. The van der Waals surface area contributed by atoms with Gasteiger partial charge in [0, 0.05) is 68.3 Å². The molecule has 0 aromatic carbocycles. The van der Waals surface area contributed by atoms with Crippen LogP contribution in [0.2, 0.25) is 0 Å². The summed E-state index contributed by atoms with van der Waals surface area (Å²) in [6.07, 6.45) is 12.3. The highest BCUT2D eigenvalue weighted by Gasteiger charge is 2.41. The molecule has 0 saturated carbocycles. The van der Waals surface area contributed by atoms with Gasteiger partial charge in [0.15, 0.2) is 11.8 Å². The number of aromatic nitrogens is 2. The summed E-state index contributed by atoms with van der Waals surface area (Å²) >= 11 is 0. The molecule has 2 unspecified atom stereocenters. The molecule has 3 heterocycles. The molecular formula is C29H40N4O4. The van der Waals surface area contributed by atoms with Crippen molar-refractivity contribution in [1.82, 2.24) is 14.5 Å². The summed E-state index contributed by atoms with van der Waals surface area (Å²) in [4.78, 5) is 21.8. The van der Waals surface area contributed by atoms with Crippen molar-refractivity contribution in [3.05, 3.63) is 47.7 Å². The second-order valence-corrected chi connectivity index (χ2v) is 10.7. The number of allylic oxidation sites excluding steroid dienone is 2. The topological polar surface area (TPSA) is 91.1 Å². The molecule has 1 saturated heterocycles. The zero-order chi connectivity index (χ0) is 25.8. The average Bonchev–Trinajstić information content (AvgIpc) is 3.60. The number of pyridine rings is 1. The Labute approximate surface area is 219 Å². The maximum atomic E-state index is 12.8. The fourth-order valence-corrected chi connectivity index (χ4v) is 6.11. The van der Waals surface area contributed by atoms with Gasteiger partial charge in [-0.2, -0.15) is 0 Å². The summed E-state index contributed by atoms with van der Waals surface area (Å²) in [7, 11) is 0. The number of piperazine rings is 1. The van der Waals surface area contributed by atoms with Gasteiger partial charge in [0.2, 0.25) is 0 Å². The van der Waals surface area contributed by atoms with E-state index in [4.69, 9.17) is 4.74 Å². The molecule has 1 aliphatic heterocycles. The SMILES string of the molecule is CCCCCCCC(=O)OC(CN1CCN(c2ccccn2)CC1)Cn1c(O)c2c(c1O)[C@H]1C=CC2C1. The van der Waals surface area contributed by atoms with E-state index in [1.807, 2.05) is 24.4 Å². The first-order valence-electron chi connectivity index (χ1n) is 14.0. The number of ether oxygens (including phenoxy) is 1. The molecule has 37 heavy (non-hydrogen) atoms. The van der Waals surface area contributed by atoms with E-state index < -0.39 is 6.10 Å². The van der Waals surface area contributed by atoms with Gasteiger partial charge in [-0.3, -0.25) is 14.3 Å². The van der Waals surface area contributed by atoms with Crippen LogP contribution in [-0.4, -0.2) is 69.5 Å². The highest BCUT2D eigenvalue weighted by Crippen LogP contribution is 2.56. The van der Waals surface area contributed by atoms with Crippen molar-refractivity contribution in [3.8, 4) is 11.8 Å². The smallest absolute Gasteiger partial charge is 0.306 e. The zero-order valence-corrected chi connectivity index (χ0v) is 21.9. The number of fused-ring (bicyclic) bond motifs is 5. The molecular weight excluding hydrogens is 468 g/mol. The molecule has 2 N–H and O–H groups in total. The van der Waals surface area contributed by atoms with Crippen molar-refractivity contribution in [2.45, 2.75) is 76.4 Å². The highest BCUT2D eigenvalue weighted by molar-refractivity contribution is 5.69. The van der Waals surface area contributed by atoms with Gasteiger partial charge >= 0.3 is 5.97 Å². The molecule has 2 aromatic rings. The van der Waals surface area contributed by atoms with Crippen LogP contribution in [0.1, 0.15) is 74.8 Å². The standard InChI is InChI=1S/C29H40N4O4/c1-2-3-4-5-6-10-25(34)37-23(19-31-14-16-32(17-15-31)24-9-7-8-13-30-24)20-33-28(35)26-21-11-12-22(18-21)27(26)29(33)36/h7-9,11-13,21-23,35-36H,2-6,10,14-20H2,1H3/t21-,22?,23?/m0/s1. The van der Waals surface area contributed by atoms with Crippen LogP contribution in [0, 0.1) is 0 Å². The first-order valence-corrected chi connectivity index (χ1v) is 14.0. The van der Waals surface area contributed by atoms with Crippen LogP contribution < -0.4 is 4.90 Å². The molecule has 0 radical (unpaired) electrons. The number of unbranched alkanes of at least 4 members (excludes halogenated alkanes) is 4. The number of carbonyl (C=O) groups is 1. The quantitative estimate of drug-likeness (QED) is 0.247. The minimum Gasteiger partial charge on any atom is -0.494 e. The summed E-state index contributed by atoms with van der Waals surface area (Å²) in [6.45, 7) is 6.33. The molecule has 0 amide bonds. The average molecular weight is 509 g/mol. The fourth-order valence-electron chi connectivity index (χ4n) is 6.11. The molecule has 2 aliphatic carbocycles. The molecule has 2 bridgehead atoms. The molecule has 1 fully saturated rings. The maximum Gasteiger partial charge on any atom is 0.306 e. The zero-order valence-electron chi connectivity index (χ0n) is 21.9. The Hall–Kier alpha value is -3.00. The summed E-state index contributed by atoms with van der Waals surface area (Å²) in [5, 5.41) is 22.1. The van der Waals surface area contributed by atoms with Crippen LogP contribution in [0.4, 0.5) is 5.82 Å². The number of carbonyl (C=O) groups excluding carboxylic acids is 1. The van der Waals surface area contributed by atoms with Crippen molar-refractivity contribution in [1.29, 1.82) is 0 Å². The van der Waals surface area contributed by atoms with Crippen molar-refractivity contribution in [2.24, 2.45) is 0 Å². The minimum atomic E-state index is -0.459. The van der Waals surface area contributed by atoms with Gasteiger partial charge in [0.1, 0.15) is 11.9 Å². The Balaban J connectivity index is 1.24. The molecule has 8 heteroatoms. The summed E-state index contributed by atoms with van der Waals surface area (Å²) in [5.74, 6) is 1.34. The van der Waals surface area contributed by atoms with Gasteiger partial charge in [-0.05, 0) is 25.0 Å². The van der Waals surface area contributed by atoms with Crippen LogP contribution in [-0.2, 0) is 16.1 Å². The Morgan fingerprint density at radius 3 is 2.35 bits per heavy atom. The van der Waals surface area contributed by atoms with Gasteiger partial charge in [0.25, 0.3) is 0 Å². The predicted molar refractivity (Wildman–Crippen MR) is 143 cm³/mol. The second kappa shape index (κ2) is 11.6. The summed E-state index contributed by atoms with van der Waals surface area (Å²) < 4.78 is 7.55. The third-order valence-corrected chi connectivity index (χ3v) is 8.08. The van der Waals surface area contributed by atoms with Crippen LogP contribution >= 0.6 is 0 Å². The number of hydrogen-bond acceptors (Lipinski definition) is 7. The lowest BCUT2D eigenvalue weighted by atomic mass is 10.0. The first-order chi connectivity index (χ1) is 18.0. The van der Waals surface area contributed by atoms with Gasteiger partial charge in [-0.1, -0.05) is 50.8 Å². The van der Waals surface area contributed by atoms with Crippen LogP contribution in [0.3, 0.4) is 0 Å². The van der Waals surface area contributed by atoms with E-state index in [1.165, 1.54) is 12.8 Å². The Morgan fingerprint density at radius 1 is 1.00 bits per heavy atom. The third-order valence-electron chi connectivity index (χ3n) is 8.08. The number of esters is 1. The number of rotatable bonds is 12. The maximum absolute atomic E-state index is 12.8. The van der Waals surface area contributed by atoms with Gasteiger partial charge < -0.3 is 19.8 Å². The highest BCUT2D eigenvalue weighted by atomic mass is 16.5. The monoisotopic (exact) mass is 508 g/mol. The Kier molecular flexibility index (Phi) is 8.03. The number of anilines is 1. The minimum absolute atomic E-state index is 0.116. The number of aromatic hydroxyl groups is 2. The van der Waals surface area contributed by atoms with Crippen molar-refractivity contribution < 1.29 is 19.7 Å². The molecule has 200 valence electrons. The lowest BCUT2D eigenvalue weighted by molar-refractivity contribution is -0.151. The van der Waals surface area contributed by atoms with Crippen LogP contribution in [0.5, 0.6) is 11.8 Å². The van der Waals surface area contributed by atoms with E-state index in [0.29, 0.717) is 13.0 Å². The Morgan fingerprint density at radius 2 is 1.70 bits per heavy atom. The Bertz CT molecular complexity index is 1060. The van der Waals surface area contributed by atoms with E-state index in [9.17, 15) is 15.0 Å². The van der Waals surface area contributed by atoms with Gasteiger partial charge in [-0.25, -0.2) is 4.98 Å². The van der Waals surface area contributed by atoms with E-state index in [1.54, 1.807) is 4.57 Å². The van der Waals surface area contributed by atoms with E-state index in [2.05, 4.69) is 33.9 Å². The van der Waals surface area contributed by atoms with E-state index in [-0.39, 0.29) is 36.1 Å². The molecule has 3 atom stereocenters. The molecule has 2 aromatic heterocycles. The first kappa shape index (κ1) is 25.6. The second-order valence-electron chi connectivity index (χ2n) is 10.7. The number of nitrogens with zero attached hydrogens (tertiary/aromatic N) is 4. The van der Waals surface area contributed by atoms with Gasteiger partial charge in [-0.15, -0.1) is 0 Å². The van der Waals surface area contributed by atoms with Crippen molar-refractivity contribution in [3.63, 3.8) is 0 Å². The van der Waals surface area contributed by atoms with Gasteiger partial charge in [0.05, 0.1) is 6.54 Å². The third kappa shape index (κ3) is 5.64. The molecule has 5 rings (SSSR count). The van der Waals surface area contributed by atoms with Crippen LogP contribution in [0.25, 0.3) is 0 Å². The number of hydrogen-bond donors (Lipinski definition) is 2. The van der Waals surface area contributed by atoms with Crippen molar-refractivity contribution >= 4 is 11.8 Å². The van der Waals surface area contributed by atoms with E-state index in [0.717, 1.165) is 68.8 Å². The lowest BCUT2D eigenvalue weighted by Gasteiger charge is -2.37. The largest absolute Gasteiger partial charge is 0.494 e. The normalized spacial score (nSPS) is 21.4. The molecule has 0 spiro atoms. The molecule has 8 nitrogen and oxygen atoms in total. The van der Waals surface area contributed by atoms with Crippen LogP contribution in [0.15, 0.2) is 36.5 Å². The van der Waals surface area contributed by atoms with E-state index >= 15 is 0 Å². The predicted octanol–water partition coefficient (Wildman–Crippen LogP) is 4.53. The fraction of sp³-hybridized carbons (Fsp3) is 0.586. The van der Waals surface area contributed by atoms with Crippen molar-refractivity contribution in [2.75, 3.05) is 37.6 Å². The summed E-state index contributed by atoms with van der Waals surface area (Å²) in [5.41, 5.74) is 1.69. The molecule has 3 aliphatic rings. The lowest BCUT2D eigenvalue weighted by Crippen LogP contribution is -2.49.